The minimum absolute atomic E-state index is 0.192. The average Bonchev–Trinajstić information content (AvgIpc) is 3.04. The van der Waals surface area contributed by atoms with Crippen molar-refractivity contribution in [2.45, 2.75) is 37.2 Å². The average molecular weight is 303 g/mol. The molecule has 0 amide bonds. The molecule has 0 radical (unpaired) electrons. The van der Waals surface area contributed by atoms with Crippen LogP contribution in [0.2, 0.25) is 0 Å². The second kappa shape index (κ2) is 7.16. The molecule has 114 valence electrons. The van der Waals surface area contributed by atoms with Gasteiger partial charge in [-0.05, 0) is 26.2 Å². The summed E-state index contributed by atoms with van der Waals surface area (Å²) in [4.78, 5) is 0.192. The number of aromatic nitrogens is 2. The Hall–Kier alpha value is -0.960. The third-order valence-corrected chi connectivity index (χ3v) is 4.73. The van der Waals surface area contributed by atoms with Crippen LogP contribution in [0.25, 0.3) is 0 Å². The summed E-state index contributed by atoms with van der Waals surface area (Å²) in [5.41, 5.74) is 0.534. The molecule has 1 fully saturated rings. The second-order valence-electron chi connectivity index (χ2n) is 4.82. The topological polar surface area (TPSA) is 93.3 Å². The van der Waals surface area contributed by atoms with E-state index < -0.39 is 10.0 Å². The Balaban J connectivity index is 1.62. The van der Waals surface area contributed by atoms with Gasteiger partial charge in [-0.1, -0.05) is 0 Å². The number of hydrogen-bond acceptors (Lipinski definition) is 5. The fourth-order valence-corrected chi connectivity index (χ4v) is 3.27. The van der Waals surface area contributed by atoms with Crippen LogP contribution >= 0.6 is 0 Å². The zero-order chi connectivity index (χ0) is 14.4. The van der Waals surface area contributed by atoms with Gasteiger partial charge in [-0.2, -0.15) is 5.10 Å². The lowest BCUT2D eigenvalue weighted by Crippen LogP contribution is -2.26. The molecule has 0 spiro atoms. The number of nitrogens with zero attached hydrogens (tertiary/aromatic N) is 1. The van der Waals surface area contributed by atoms with Crippen molar-refractivity contribution in [1.82, 2.24) is 14.9 Å². The van der Waals surface area contributed by atoms with Crippen LogP contribution in [0.15, 0.2) is 11.1 Å². The van der Waals surface area contributed by atoms with Gasteiger partial charge in [0.15, 0.2) is 0 Å². The van der Waals surface area contributed by atoms with E-state index in [0.717, 1.165) is 19.4 Å². The summed E-state index contributed by atoms with van der Waals surface area (Å²) in [5.74, 6) is 0. The predicted molar refractivity (Wildman–Crippen MR) is 72.9 cm³/mol. The standard InChI is InChI=1S/C12H21N3O4S/c1-10-12(8-13-15-10)20(16,17)14-5-3-6-18-9-11-4-2-7-19-11/h8,11,14H,2-7,9H2,1H3,(H,13,15). The van der Waals surface area contributed by atoms with Crippen LogP contribution < -0.4 is 4.72 Å². The van der Waals surface area contributed by atoms with Crippen LogP contribution in [0.5, 0.6) is 0 Å². The summed E-state index contributed by atoms with van der Waals surface area (Å²) >= 11 is 0. The van der Waals surface area contributed by atoms with E-state index in [9.17, 15) is 8.42 Å². The van der Waals surface area contributed by atoms with E-state index in [0.29, 0.717) is 31.9 Å². The van der Waals surface area contributed by atoms with E-state index >= 15 is 0 Å². The van der Waals surface area contributed by atoms with Crippen LogP contribution in [-0.2, 0) is 19.5 Å². The van der Waals surface area contributed by atoms with Crippen molar-refractivity contribution in [3.63, 3.8) is 0 Å². The van der Waals surface area contributed by atoms with Gasteiger partial charge in [-0.25, -0.2) is 13.1 Å². The molecule has 2 N–H and O–H groups in total. The lowest BCUT2D eigenvalue weighted by molar-refractivity contribution is 0.0169. The highest BCUT2D eigenvalue weighted by Gasteiger charge is 2.18. The molecule has 1 aromatic rings. The number of sulfonamides is 1. The Labute approximate surface area is 119 Å². The fourth-order valence-electron chi connectivity index (χ4n) is 2.06. The van der Waals surface area contributed by atoms with Crippen LogP contribution in [0.1, 0.15) is 25.0 Å². The maximum atomic E-state index is 11.9. The van der Waals surface area contributed by atoms with E-state index in [1.54, 1.807) is 6.92 Å². The molecule has 1 aromatic heterocycles. The number of H-pyrrole nitrogens is 1. The lowest BCUT2D eigenvalue weighted by Gasteiger charge is -2.10. The molecule has 2 heterocycles. The molecule has 8 heteroatoms. The summed E-state index contributed by atoms with van der Waals surface area (Å²) in [5, 5.41) is 6.32. The molecule has 0 aromatic carbocycles. The third-order valence-electron chi connectivity index (χ3n) is 3.16. The molecule has 1 aliphatic heterocycles. The Morgan fingerprint density at radius 2 is 2.45 bits per heavy atom. The van der Waals surface area contributed by atoms with Gasteiger partial charge in [0.2, 0.25) is 10.0 Å². The van der Waals surface area contributed by atoms with E-state index in [1.165, 1.54) is 6.20 Å². The smallest absolute Gasteiger partial charge is 0.243 e. The first kappa shape index (κ1) is 15.4. The van der Waals surface area contributed by atoms with Gasteiger partial charge in [0, 0.05) is 19.8 Å². The van der Waals surface area contributed by atoms with Gasteiger partial charge in [0.1, 0.15) is 4.90 Å². The van der Waals surface area contributed by atoms with Crippen molar-refractivity contribution < 1.29 is 17.9 Å². The van der Waals surface area contributed by atoms with Crippen molar-refractivity contribution in [3.05, 3.63) is 11.9 Å². The molecule has 1 atom stereocenters. The summed E-state index contributed by atoms with van der Waals surface area (Å²) in [6, 6.07) is 0. The van der Waals surface area contributed by atoms with Crippen molar-refractivity contribution >= 4 is 10.0 Å². The number of aryl methyl sites for hydroxylation is 1. The van der Waals surface area contributed by atoms with Gasteiger partial charge in [0.25, 0.3) is 0 Å². The van der Waals surface area contributed by atoms with Gasteiger partial charge in [0.05, 0.1) is 24.6 Å². The van der Waals surface area contributed by atoms with E-state index in [4.69, 9.17) is 9.47 Å². The Bertz CT molecular complexity index is 509. The summed E-state index contributed by atoms with van der Waals surface area (Å²) in [6.07, 6.45) is 4.29. The maximum absolute atomic E-state index is 11.9. The Morgan fingerprint density at radius 1 is 1.60 bits per heavy atom. The minimum atomic E-state index is -3.47. The number of ether oxygens (including phenoxy) is 2. The van der Waals surface area contributed by atoms with Crippen molar-refractivity contribution in [3.8, 4) is 0 Å². The highest BCUT2D eigenvalue weighted by molar-refractivity contribution is 7.89. The minimum Gasteiger partial charge on any atom is -0.379 e. The van der Waals surface area contributed by atoms with E-state index in [-0.39, 0.29) is 11.0 Å². The number of aromatic amines is 1. The van der Waals surface area contributed by atoms with Crippen LogP contribution in [0, 0.1) is 6.92 Å². The molecule has 1 aliphatic rings. The normalized spacial score (nSPS) is 19.6. The fraction of sp³-hybridized carbons (Fsp3) is 0.750. The highest BCUT2D eigenvalue weighted by Crippen LogP contribution is 2.12. The largest absolute Gasteiger partial charge is 0.379 e. The molecule has 1 saturated heterocycles. The number of nitrogens with one attached hydrogen (secondary N) is 2. The molecule has 1 unspecified atom stereocenters. The molecular weight excluding hydrogens is 282 g/mol. The first-order valence-corrected chi connectivity index (χ1v) is 8.27. The van der Waals surface area contributed by atoms with Crippen LogP contribution in [0.3, 0.4) is 0 Å². The Kier molecular flexibility index (Phi) is 5.53. The van der Waals surface area contributed by atoms with E-state index in [2.05, 4.69) is 14.9 Å². The second-order valence-corrected chi connectivity index (χ2v) is 6.56. The van der Waals surface area contributed by atoms with E-state index in [1.807, 2.05) is 0 Å². The quantitative estimate of drug-likeness (QED) is 0.685. The molecule has 0 bridgehead atoms. The predicted octanol–water partition coefficient (Wildman–Crippen LogP) is 0.582. The van der Waals surface area contributed by atoms with Gasteiger partial charge >= 0.3 is 0 Å². The molecule has 2 rings (SSSR count). The van der Waals surface area contributed by atoms with Gasteiger partial charge < -0.3 is 9.47 Å². The molecule has 0 aliphatic carbocycles. The van der Waals surface area contributed by atoms with Crippen molar-refractivity contribution in [2.75, 3.05) is 26.4 Å². The molecule has 0 saturated carbocycles. The summed E-state index contributed by atoms with van der Waals surface area (Å²) in [7, 11) is -3.47. The van der Waals surface area contributed by atoms with Gasteiger partial charge in [-0.3, -0.25) is 5.10 Å². The summed E-state index contributed by atoms with van der Waals surface area (Å²) in [6.45, 7) is 3.95. The Morgan fingerprint density at radius 3 is 3.10 bits per heavy atom. The van der Waals surface area contributed by atoms with Crippen LogP contribution in [0.4, 0.5) is 0 Å². The molecule has 7 nitrogen and oxygen atoms in total. The maximum Gasteiger partial charge on any atom is 0.243 e. The monoisotopic (exact) mass is 303 g/mol. The number of hydrogen-bond donors (Lipinski definition) is 2. The molecular formula is C12H21N3O4S. The summed E-state index contributed by atoms with van der Waals surface area (Å²) < 4.78 is 37.3. The van der Waals surface area contributed by atoms with Crippen LogP contribution in [-0.4, -0.2) is 51.1 Å². The molecule has 20 heavy (non-hydrogen) atoms. The third kappa shape index (κ3) is 4.27. The van der Waals surface area contributed by atoms with Crippen molar-refractivity contribution in [1.29, 1.82) is 0 Å². The zero-order valence-corrected chi connectivity index (χ0v) is 12.4. The zero-order valence-electron chi connectivity index (χ0n) is 11.6. The SMILES string of the molecule is Cc1[nH]ncc1S(=O)(=O)NCCCOCC1CCCO1. The highest BCUT2D eigenvalue weighted by atomic mass is 32.2. The lowest BCUT2D eigenvalue weighted by atomic mass is 10.2. The first-order valence-electron chi connectivity index (χ1n) is 6.78. The first-order chi connectivity index (χ1) is 9.59. The number of rotatable bonds is 8. The van der Waals surface area contributed by atoms with Crippen molar-refractivity contribution in [2.24, 2.45) is 0 Å². The van der Waals surface area contributed by atoms with Gasteiger partial charge in [-0.15, -0.1) is 0 Å².